The van der Waals surface area contributed by atoms with E-state index in [-0.39, 0.29) is 37.6 Å². The molecular formula is C22H20ClN3O3. The van der Waals surface area contributed by atoms with Crippen LogP contribution in [0.4, 0.5) is 5.69 Å². The highest BCUT2D eigenvalue weighted by molar-refractivity contribution is 6.30. The first-order chi connectivity index (χ1) is 14.1. The quantitative estimate of drug-likeness (QED) is 0.532. The molecule has 0 spiro atoms. The molecule has 29 heavy (non-hydrogen) atoms. The van der Waals surface area contributed by atoms with Crippen LogP contribution < -0.4 is 0 Å². The van der Waals surface area contributed by atoms with Crippen LogP contribution in [0.15, 0.2) is 53.1 Å². The average Bonchev–Trinajstić information content (AvgIpc) is 3.19. The Kier molecular flexibility index (Phi) is 7.12. The van der Waals surface area contributed by atoms with Crippen LogP contribution >= 0.6 is 11.6 Å². The molecule has 1 N–H and O–H groups in total. The minimum absolute atomic E-state index is 0.0491. The second-order valence-electron chi connectivity index (χ2n) is 6.75. The van der Waals surface area contributed by atoms with Gasteiger partial charge in [0.2, 0.25) is 5.89 Å². The van der Waals surface area contributed by atoms with Crippen LogP contribution in [0.1, 0.15) is 35.2 Å². The van der Waals surface area contributed by atoms with Crippen LogP contribution in [-0.2, 0) is 24.1 Å². The third-order valence-corrected chi connectivity index (χ3v) is 4.76. The first-order valence-electron chi connectivity index (χ1n) is 9.23. The van der Waals surface area contributed by atoms with Gasteiger partial charge in [0.05, 0.1) is 19.6 Å². The molecule has 2 aromatic carbocycles. The minimum Gasteiger partial charge on any atom is -0.396 e. The molecule has 0 saturated carbocycles. The van der Waals surface area contributed by atoms with Crippen LogP contribution in [0.5, 0.6) is 0 Å². The van der Waals surface area contributed by atoms with Crippen LogP contribution in [0.2, 0.25) is 5.02 Å². The Hall–Kier alpha value is -3.01. The highest BCUT2D eigenvalue weighted by atomic mass is 35.5. The molecule has 1 aromatic heterocycles. The number of aliphatic hydroxyl groups is 1. The smallest absolute Gasteiger partial charge is 0.228 e. The van der Waals surface area contributed by atoms with E-state index in [4.69, 9.17) is 27.8 Å². The summed E-state index contributed by atoms with van der Waals surface area (Å²) in [5.74, 6) is 0.612. The maximum Gasteiger partial charge on any atom is 0.228 e. The molecule has 1 heterocycles. The van der Waals surface area contributed by atoms with Gasteiger partial charge in [-0.2, -0.15) is 4.98 Å². The molecule has 7 heteroatoms. The zero-order valence-corrected chi connectivity index (χ0v) is 16.5. The Morgan fingerprint density at radius 1 is 1.14 bits per heavy atom. The molecule has 3 aromatic rings. The van der Waals surface area contributed by atoms with Crippen molar-refractivity contribution in [2.45, 2.75) is 31.6 Å². The Morgan fingerprint density at radius 3 is 2.48 bits per heavy atom. The predicted octanol–water partition coefficient (Wildman–Crippen LogP) is 4.34. The van der Waals surface area contributed by atoms with Gasteiger partial charge in [0, 0.05) is 23.8 Å². The molecule has 0 radical (unpaired) electrons. The van der Waals surface area contributed by atoms with E-state index in [1.807, 2.05) is 24.3 Å². The first-order valence-corrected chi connectivity index (χ1v) is 9.61. The van der Waals surface area contributed by atoms with Crippen molar-refractivity contribution < 1.29 is 14.4 Å². The summed E-state index contributed by atoms with van der Waals surface area (Å²) in [5, 5.41) is 13.7. The summed E-state index contributed by atoms with van der Waals surface area (Å²) >= 11 is 5.96. The summed E-state index contributed by atoms with van der Waals surface area (Å²) in [6, 6.07) is 14.5. The third-order valence-electron chi connectivity index (χ3n) is 4.51. The van der Waals surface area contributed by atoms with Gasteiger partial charge in [-0.3, -0.25) is 4.79 Å². The van der Waals surface area contributed by atoms with Gasteiger partial charge >= 0.3 is 0 Å². The topological polar surface area (TPSA) is 80.6 Å². The summed E-state index contributed by atoms with van der Waals surface area (Å²) < 4.78 is 5.19. The van der Waals surface area contributed by atoms with Gasteiger partial charge in [0.1, 0.15) is 5.78 Å². The Balaban J connectivity index is 1.74. The van der Waals surface area contributed by atoms with Crippen molar-refractivity contribution in [2.75, 3.05) is 6.61 Å². The number of Topliss-reactive ketones (excluding diaryl/α,β-unsaturated/α-hetero) is 1. The van der Waals surface area contributed by atoms with E-state index < -0.39 is 0 Å². The Morgan fingerprint density at radius 2 is 1.83 bits per heavy atom. The summed E-state index contributed by atoms with van der Waals surface area (Å²) in [4.78, 5) is 20.4. The molecule has 0 amide bonds. The fourth-order valence-electron chi connectivity index (χ4n) is 3.05. The molecule has 3 rings (SSSR count). The van der Waals surface area contributed by atoms with Crippen molar-refractivity contribution in [3.63, 3.8) is 0 Å². The number of benzene rings is 2. The summed E-state index contributed by atoms with van der Waals surface area (Å²) in [6.07, 6.45) is 1.38. The van der Waals surface area contributed by atoms with Crippen LogP contribution in [0.25, 0.3) is 4.85 Å². The standard InChI is InChI=1S/C22H20ClN3O3/c1-24-19-8-4-16(5-9-19)13-20(28)14-17(12-15-2-6-18(23)7-3-15)22-25-21(10-11-27)29-26-22/h2-9,17,27H,10-14H2/t17-/m1/s1. The zero-order chi connectivity index (χ0) is 20.6. The number of aromatic nitrogens is 2. The maximum atomic E-state index is 12.7. The number of halogens is 1. The molecule has 148 valence electrons. The number of ketones is 1. The number of carbonyl (C=O) groups excluding carboxylic acids is 1. The van der Waals surface area contributed by atoms with Crippen molar-refractivity contribution in [3.8, 4) is 0 Å². The number of nitrogens with zero attached hydrogens (tertiary/aromatic N) is 3. The summed E-state index contributed by atoms with van der Waals surface area (Å²) in [5.41, 5.74) is 2.42. The van der Waals surface area contributed by atoms with Gasteiger partial charge in [-0.05, 0) is 29.7 Å². The number of carbonyl (C=O) groups is 1. The fourth-order valence-corrected chi connectivity index (χ4v) is 3.18. The van der Waals surface area contributed by atoms with Crippen molar-refractivity contribution in [2.24, 2.45) is 0 Å². The van der Waals surface area contributed by atoms with Crippen molar-refractivity contribution in [1.82, 2.24) is 10.1 Å². The van der Waals surface area contributed by atoms with E-state index in [1.165, 1.54) is 0 Å². The number of aliphatic hydroxyl groups excluding tert-OH is 1. The molecule has 1 atom stereocenters. The second-order valence-corrected chi connectivity index (χ2v) is 7.18. The lowest BCUT2D eigenvalue weighted by molar-refractivity contribution is -0.118. The lowest BCUT2D eigenvalue weighted by Crippen LogP contribution is -2.13. The van der Waals surface area contributed by atoms with Gasteiger partial charge in [-0.15, -0.1) is 0 Å². The van der Waals surface area contributed by atoms with Crippen LogP contribution in [-0.4, -0.2) is 27.6 Å². The van der Waals surface area contributed by atoms with Crippen molar-refractivity contribution >= 4 is 23.1 Å². The molecule has 0 aliphatic heterocycles. The van der Waals surface area contributed by atoms with Crippen LogP contribution in [0, 0.1) is 6.57 Å². The molecule has 0 aliphatic carbocycles. The van der Waals surface area contributed by atoms with E-state index in [2.05, 4.69) is 15.0 Å². The molecule has 6 nitrogen and oxygen atoms in total. The van der Waals surface area contributed by atoms with Crippen molar-refractivity contribution in [1.29, 1.82) is 0 Å². The molecule has 0 saturated heterocycles. The van der Waals surface area contributed by atoms with Crippen molar-refractivity contribution in [3.05, 3.63) is 87.8 Å². The zero-order valence-electron chi connectivity index (χ0n) is 15.7. The highest BCUT2D eigenvalue weighted by Gasteiger charge is 2.22. The SMILES string of the molecule is [C-]#[N+]c1ccc(CC(=O)C[C@@H](Cc2ccc(Cl)cc2)c2noc(CCO)n2)cc1. The van der Waals surface area contributed by atoms with Gasteiger partial charge in [0.15, 0.2) is 11.5 Å². The van der Waals surface area contributed by atoms with Gasteiger partial charge < -0.3 is 9.63 Å². The Bertz CT molecular complexity index is 991. The molecule has 0 bridgehead atoms. The lowest BCUT2D eigenvalue weighted by atomic mass is 9.91. The largest absolute Gasteiger partial charge is 0.396 e. The monoisotopic (exact) mass is 409 g/mol. The van der Waals surface area contributed by atoms with E-state index in [0.717, 1.165) is 11.1 Å². The number of rotatable bonds is 9. The fraction of sp³-hybridized carbons (Fsp3) is 0.273. The Labute approximate surface area is 174 Å². The third kappa shape index (κ3) is 5.98. The van der Waals surface area contributed by atoms with E-state index in [0.29, 0.717) is 28.8 Å². The minimum atomic E-state index is -0.248. The normalized spacial score (nSPS) is 11.8. The molecule has 0 fully saturated rings. The van der Waals surface area contributed by atoms with Gasteiger partial charge in [0.25, 0.3) is 0 Å². The average molecular weight is 410 g/mol. The van der Waals surface area contributed by atoms with Crippen LogP contribution in [0.3, 0.4) is 0 Å². The van der Waals surface area contributed by atoms with E-state index >= 15 is 0 Å². The molecule has 0 unspecified atom stereocenters. The first kappa shape index (κ1) is 20.7. The van der Waals surface area contributed by atoms with Gasteiger partial charge in [-0.1, -0.05) is 53.2 Å². The highest BCUT2D eigenvalue weighted by Crippen LogP contribution is 2.25. The maximum absolute atomic E-state index is 12.7. The van der Waals surface area contributed by atoms with E-state index in [1.54, 1.807) is 24.3 Å². The van der Waals surface area contributed by atoms with E-state index in [9.17, 15) is 4.79 Å². The summed E-state index contributed by atoms with van der Waals surface area (Å²) in [6.45, 7) is 6.93. The number of hydrogen-bond donors (Lipinski definition) is 1. The lowest BCUT2D eigenvalue weighted by Gasteiger charge is -2.13. The number of hydrogen-bond acceptors (Lipinski definition) is 5. The second kappa shape index (κ2) is 9.97. The van der Waals surface area contributed by atoms with Gasteiger partial charge in [-0.25, -0.2) is 4.85 Å². The molecular weight excluding hydrogens is 390 g/mol. The predicted molar refractivity (Wildman–Crippen MR) is 109 cm³/mol. The summed E-state index contributed by atoms with van der Waals surface area (Å²) in [7, 11) is 0. The molecule has 0 aliphatic rings.